The number of rotatable bonds is 2. The Balaban J connectivity index is 2.53. The highest BCUT2D eigenvalue weighted by molar-refractivity contribution is 7.80. The molecule has 0 amide bonds. The van der Waals surface area contributed by atoms with Crippen LogP contribution in [0.3, 0.4) is 0 Å². The third-order valence-corrected chi connectivity index (χ3v) is 3.11. The number of allylic oxidation sites excluding steroid dienone is 1. The molecular formula is C13H13FN2O2S. The van der Waals surface area contributed by atoms with Crippen molar-refractivity contribution in [2.75, 3.05) is 7.11 Å². The molecule has 1 aromatic rings. The van der Waals surface area contributed by atoms with Gasteiger partial charge in [0.2, 0.25) is 0 Å². The van der Waals surface area contributed by atoms with Gasteiger partial charge in [0.05, 0.1) is 18.7 Å². The molecule has 0 bridgehead atoms. The van der Waals surface area contributed by atoms with Crippen molar-refractivity contribution in [1.29, 1.82) is 0 Å². The Kier molecular flexibility index (Phi) is 3.80. The van der Waals surface area contributed by atoms with Crippen LogP contribution in [0.1, 0.15) is 18.5 Å². The lowest BCUT2D eigenvalue weighted by atomic mass is 9.95. The molecule has 2 rings (SSSR count). The molecule has 0 spiro atoms. The summed E-state index contributed by atoms with van der Waals surface area (Å²) in [4.78, 5) is 11.9. The van der Waals surface area contributed by atoms with Crippen LogP contribution in [0.2, 0.25) is 0 Å². The third kappa shape index (κ3) is 2.58. The third-order valence-electron chi connectivity index (χ3n) is 2.89. The molecule has 1 heterocycles. The molecule has 19 heavy (non-hydrogen) atoms. The molecule has 0 fully saturated rings. The van der Waals surface area contributed by atoms with E-state index in [0.717, 1.165) is 0 Å². The minimum absolute atomic E-state index is 0.321. The van der Waals surface area contributed by atoms with Gasteiger partial charge in [0, 0.05) is 11.3 Å². The van der Waals surface area contributed by atoms with Crippen LogP contribution in [0, 0.1) is 5.82 Å². The fraction of sp³-hybridized carbons (Fsp3) is 0.231. The number of benzene rings is 1. The van der Waals surface area contributed by atoms with Crippen LogP contribution in [-0.2, 0) is 9.53 Å². The van der Waals surface area contributed by atoms with E-state index in [0.29, 0.717) is 21.9 Å². The number of ether oxygens (including phenoxy) is 1. The Bertz CT molecular complexity index is 572. The van der Waals surface area contributed by atoms with Crippen LogP contribution in [0.4, 0.5) is 4.39 Å². The maximum Gasteiger partial charge on any atom is 0.337 e. The zero-order valence-electron chi connectivity index (χ0n) is 10.5. The zero-order valence-corrected chi connectivity index (χ0v) is 11.3. The summed E-state index contributed by atoms with van der Waals surface area (Å²) in [6.07, 6.45) is 0. The maximum atomic E-state index is 13.9. The van der Waals surface area contributed by atoms with Crippen LogP contribution < -0.4 is 10.6 Å². The van der Waals surface area contributed by atoms with Crippen molar-refractivity contribution in [3.63, 3.8) is 0 Å². The first-order valence-electron chi connectivity index (χ1n) is 5.65. The minimum Gasteiger partial charge on any atom is -0.466 e. The van der Waals surface area contributed by atoms with Crippen molar-refractivity contribution >= 4 is 23.3 Å². The predicted molar refractivity (Wildman–Crippen MR) is 72.7 cm³/mol. The summed E-state index contributed by atoms with van der Waals surface area (Å²) in [6.45, 7) is 1.70. The van der Waals surface area contributed by atoms with Gasteiger partial charge in [-0.15, -0.1) is 0 Å². The van der Waals surface area contributed by atoms with Gasteiger partial charge in [-0.2, -0.15) is 0 Å². The number of thiocarbonyl (C=S) groups is 1. The van der Waals surface area contributed by atoms with Crippen LogP contribution in [0.5, 0.6) is 0 Å². The molecule has 2 N–H and O–H groups in total. The van der Waals surface area contributed by atoms with Crippen LogP contribution in [0.15, 0.2) is 35.5 Å². The summed E-state index contributed by atoms with van der Waals surface area (Å²) < 4.78 is 18.6. The number of carbonyl (C=O) groups excluding carboxylic acids is 1. The van der Waals surface area contributed by atoms with Gasteiger partial charge < -0.3 is 15.4 Å². The standard InChI is InChI=1S/C13H13FN2O2S/c1-7-10(12(17)18-2)11(16-13(19)15-7)8-5-3-4-6-9(8)14/h3-6,11H,1-2H3,(H2,15,16,19)/t11-/m0/s1. The second-order valence-electron chi connectivity index (χ2n) is 4.08. The van der Waals surface area contributed by atoms with E-state index in [4.69, 9.17) is 17.0 Å². The Morgan fingerprint density at radius 3 is 2.74 bits per heavy atom. The van der Waals surface area contributed by atoms with Crippen LogP contribution in [0.25, 0.3) is 0 Å². The van der Waals surface area contributed by atoms with E-state index < -0.39 is 17.8 Å². The molecule has 1 aromatic carbocycles. The molecular weight excluding hydrogens is 267 g/mol. The molecule has 1 aliphatic rings. The van der Waals surface area contributed by atoms with Crippen molar-refractivity contribution in [2.24, 2.45) is 0 Å². The number of nitrogens with one attached hydrogen (secondary N) is 2. The van der Waals surface area contributed by atoms with Gasteiger partial charge in [-0.1, -0.05) is 18.2 Å². The van der Waals surface area contributed by atoms with Crippen molar-refractivity contribution in [3.05, 3.63) is 46.9 Å². The summed E-state index contributed by atoms with van der Waals surface area (Å²) in [5, 5.41) is 6.08. The Labute approximate surface area is 115 Å². The van der Waals surface area contributed by atoms with Gasteiger partial charge in [-0.3, -0.25) is 0 Å². The highest BCUT2D eigenvalue weighted by Crippen LogP contribution is 2.28. The molecule has 0 aliphatic carbocycles. The fourth-order valence-electron chi connectivity index (χ4n) is 2.02. The van der Waals surface area contributed by atoms with E-state index in [1.54, 1.807) is 25.1 Å². The van der Waals surface area contributed by atoms with Gasteiger partial charge in [-0.05, 0) is 25.2 Å². The van der Waals surface area contributed by atoms with Crippen molar-refractivity contribution in [2.45, 2.75) is 13.0 Å². The lowest BCUT2D eigenvalue weighted by Crippen LogP contribution is -2.45. The van der Waals surface area contributed by atoms with Crippen LogP contribution >= 0.6 is 12.2 Å². The molecule has 0 unspecified atom stereocenters. The van der Waals surface area contributed by atoms with Gasteiger partial charge in [0.25, 0.3) is 0 Å². The number of esters is 1. The Hall–Kier alpha value is -1.95. The smallest absolute Gasteiger partial charge is 0.337 e. The van der Waals surface area contributed by atoms with Crippen molar-refractivity contribution < 1.29 is 13.9 Å². The van der Waals surface area contributed by atoms with Gasteiger partial charge >= 0.3 is 5.97 Å². The fourth-order valence-corrected chi connectivity index (χ4v) is 2.29. The Morgan fingerprint density at radius 2 is 2.11 bits per heavy atom. The number of carbonyl (C=O) groups is 1. The summed E-state index contributed by atoms with van der Waals surface area (Å²) in [6, 6.07) is 5.59. The molecule has 4 nitrogen and oxygen atoms in total. The van der Waals surface area contributed by atoms with E-state index >= 15 is 0 Å². The average Bonchev–Trinajstić information content (AvgIpc) is 2.37. The average molecular weight is 280 g/mol. The van der Waals surface area contributed by atoms with Crippen LogP contribution in [-0.4, -0.2) is 18.2 Å². The van der Waals surface area contributed by atoms with Crippen molar-refractivity contribution in [1.82, 2.24) is 10.6 Å². The van der Waals surface area contributed by atoms with Gasteiger partial charge in [0.1, 0.15) is 5.82 Å². The number of halogens is 1. The number of methoxy groups -OCH3 is 1. The van der Waals surface area contributed by atoms with Gasteiger partial charge in [-0.25, -0.2) is 9.18 Å². The highest BCUT2D eigenvalue weighted by atomic mass is 32.1. The summed E-state index contributed by atoms with van der Waals surface area (Å²) in [5.74, 6) is -0.924. The quantitative estimate of drug-likeness (QED) is 0.639. The Morgan fingerprint density at radius 1 is 1.42 bits per heavy atom. The monoisotopic (exact) mass is 280 g/mol. The van der Waals surface area contributed by atoms with E-state index in [1.165, 1.54) is 13.2 Å². The molecule has 1 aliphatic heterocycles. The summed E-state index contributed by atoms with van der Waals surface area (Å²) in [5.41, 5.74) is 1.23. The molecule has 0 aromatic heterocycles. The maximum absolute atomic E-state index is 13.9. The van der Waals surface area contributed by atoms with E-state index in [2.05, 4.69) is 10.6 Å². The van der Waals surface area contributed by atoms with E-state index in [1.807, 2.05) is 0 Å². The molecule has 0 radical (unpaired) electrons. The zero-order chi connectivity index (χ0) is 14.0. The second-order valence-corrected chi connectivity index (χ2v) is 4.49. The first-order chi connectivity index (χ1) is 9.04. The SMILES string of the molecule is COC(=O)C1=C(C)NC(=S)N[C@H]1c1ccccc1F. The lowest BCUT2D eigenvalue weighted by molar-refractivity contribution is -0.136. The van der Waals surface area contributed by atoms with E-state index in [-0.39, 0.29) is 0 Å². The molecule has 0 saturated carbocycles. The molecule has 1 atom stereocenters. The van der Waals surface area contributed by atoms with E-state index in [9.17, 15) is 9.18 Å². The number of hydrogen-bond donors (Lipinski definition) is 2. The first kappa shape index (κ1) is 13.5. The summed E-state index contributed by atoms with van der Waals surface area (Å²) in [7, 11) is 1.29. The highest BCUT2D eigenvalue weighted by Gasteiger charge is 2.31. The summed E-state index contributed by atoms with van der Waals surface area (Å²) >= 11 is 5.05. The second kappa shape index (κ2) is 5.36. The minimum atomic E-state index is -0.651. The largest absolute Gasteiger partial charge is 0.466 e. The predicted octanol–water partition coefficient (Wildman–Crippen LogP) is 1.79. The molecule has 0 saturated heterocycles. The molecule has 6 heteroatoms. The number of hydrogen-bond acceptors (Lipinski definition) is 3. The first-order valence-corrected chi connectivity index (χ1v) is 6.06. The topological polar surface area (TPSA) is 50.4 Å². The lowest BCUT2D eigenvalue weighted by Gasteiger charge is -2.29. The normalized spacial score (nSPS) is 18.7. The molecule has 100 valence electrons. The van der Waals surface area contributed by atoms with Gasteiger partial charge in [0.15, 0.2) is 5.11 Å². The van der Waals surface area contributed by atoms with Crippen molar-refractivity contribution in [3.8, 4) is 0 Å².